The van der Waals surface area contributed by atoms with Crippen LogP contribution in [0.25, 0.3) is 0 Å². The molecule has 0 unspecified atom stereocenters. The number of ether oxygens (including phenoxy) is 2. The van der Waals surface area contributed by atoms with Crippen molar-refractivity contribution in [1.29, 1.82) is 0 Å². The molecule has 0 aliphatic carbocycles. The van der Waals surface area contributed by atoms with Gasteiger partial charge < -0.3 is 9.47 Å². The van der Waals surface area contributed by atoms with Crippen LogP contribution in [0.4, 0.5) is 0 Å². The van der Waals surface area contributed by atoms with Gasteiger partial charge in [0.1, 0.15) is 13.2 Å². The normalized spacial score (nSPS) is 10.9. The first-order valence-corrected chi connectivity index (χ1v) is 27.4. The van der Waals surface area contributed by atoms with E-state index in [1.165, 1.54) is 141 Å². The molecule has 290 valence electrons. The Bertz CT molecular complexity index is 632. The van der Waals surface area contributed by atoms with Crippen molar-refractivity contribution in [3.63, 3.8) is 0 Å². The third-order valence-electron chi connectivity index (χ3n) is 7.99. The Labute approximate surface area is 328 Å². The van der Waals surface area contributed by atoms with Gasteiger partial charge in [-0.05, 0) is 64.2 Å². The summed E-state index contributed by atoms with van der Waals surface area (Å²) in [5.74, 6) is 1.07. The topological polar surface area (TPSA) is 52.6 Å². The van der Waals surface area contributed by atoms with Crippen LogP contribution in [0.3, 0.4) is 0 Å². The summed E-state index contributed by atoms with van der Waals surface area (Å²) in [6, 6.07) is 0. The molecule has 7 heteroatoms. The molecule has 0 aliphatic heterocycles. The van der Waals surface area contributed by atoms with Crippen LogP contribution in [-0.2, 0) is 19.1 Å². The summed E-state index contributed by atoms with van der Waals surface area (Å²) in [5.41, 5.74) is 0. The van der Waals surface area contributed by atoms with E-state index in [0.717, 1.165) is 25.7 Å². The molecule has 0 rings (SSSR count). The van der Waals surface area contributed by atoms with Gasteiger partial charge >= 0.3 is 43.0 Å². The van der Waals surface area contributed by atoms with Crippen LogP contribution in [0, 0.1) is 0 Å². The fraction of sp³-hybridized carbons (Fsp3) is 0.857. The second kappa shape index (κ2) is 52.3. The maximum atomic E-state index is 11.3. The van der Waals surface area contributed by atoms with Gasteiger partial charge in [0.05, 0.1) is 0 Å². The molecule has 0 atom stereocenters. The van der Waals surface area contributed by atoms with Gasteiger partial charge in [-0.3, -0.25) is 9.59 Å². The number of hydrogen-bond donors (Lipinski definition) is 2. The molecule has 49 heavy (non-hydrogen) atoms. The fourth-order valence-electron chi connectivity index (χ4n) is 5.14. The Morgan fingerprint density at radius 2 is 0.694 bits per heavy atom. The van der Waals surface area contributed by atoms with Gasteiger partial charge in [-0.1, -0.05) is 141 Å². The predicted molar refractivity (Wildman–Crippen MR) is 226 cm³/mol. The molecule has 0 saturated carbocycles. The molecule has 0 N–H and O–H groups in total. The van der Waals surface area contributed by atoms with Gasteiger partial charge in [0.25, 0.3) is 0 Å². The number of allylic oxidation sites excluding steroid dienone is 4. The number of unbranched alkanes of at least 4 members (excludes halogenated alkanes) is 22. The zero-order chi connectivity index (χ0) is 36.7. The van der Waals surface area contributed by atoms with Crippen LogP contribution in [0.5, 0.6) is 0 Å². The van der Waals surface area contributed by atoms with E-state index in [0.29, 0.717) is 37.6 Å². The third kappa shape index (κ3) is 57.5. The van der Waals surface area contributed by atoms with Crippen molar-refractivity contribution in [1.82, 2.24) is 0 Å². The Kier molecular flexibility index (Phi) is 56.8. The Morgan fingerprint density at radius 1 is 0.449 bits per heavy atom. The van der Waals surface area contributed by atoms with Gasteiger partial charge in [-0.25, -0.2) is 0 Å². The summed E-state index contributed by atoms with van der Waals surface area (Å²) < 4.78 is 9.97. The summed E-state index contributed by atoms with van der Waals surface area (Å²) in [7, 11) is 0. The Balaban J connectivity index is -0.000000798. The first-order valence-electron chi connectivity index (χ1n) is 20.4. The minimum atomic E-state index is -0.0725. The van der Waals surface area contributed by atoms with Crippen molar-refractivity contribution in [2.24, 2.45) is 0 Å². The fourth-order valence-corrected chi connectivity index (χ4v) is 5.33. The van der Waals surface area contributed by atoms with E-state index in [1.807, 2.05) is 0 Å². The molecule has 0 fully saturated rings. The molecular weight excluding hydrogens is 751 g/mol. The first kappa shape index (κ1) is 53.3. The Morgan fingerprint density at radius 3 is 0.959 bits per heavy atom. The molecule has 0 spiro atoms. The van der Waals surface area contributed by atoms with Crippen molar-refractivity contribution < 1.29 is 19.1 Å². The molecule has 0 aromatic heterocycles. The van der Waals surface area contributed by atoms with Gasteiger partial charge in [0.2, 0.25) is 0 Å². The number of hydrogen-bond acceptors (Lipinski definition) is 6. The van der Waals surface area contributed by atoms with Crippen LogP contribution in [0.2, 0.25) is 9.88 Å². The number of rotatable bonds is 34. The number of carbonyl (C=O) groups is 2. The predicted octanol–water partition coefficient (Wildman–Crippen LogP) is 13.8. The maximum absolute atomic E-state index is 11.3. The van der Waals surface area contributed by atoms with E-state index >= 15 is 0 Å². The SMILES string of the molecule is CCCCCCCC/C=C\CCCCCCCC(=O)OCCS.CCCCCCCC/C=C\CCCCCCCC(=O)OCCS.[CH3][Sn][CH3]. The van der Waals surface area contributed by atoms with Crippen LogP contribution in [0.1, 0.15) is 194 Å². The molecule has 0 aliphatic rings. The minimum absolute atomic E-state index is 0.0725. The van der Waals surface area contributed by atoms with Crippen molar-refractivity contribution >= 4 is 58.3 Å². The summed E-state index contributed by atoms with van der Waals surface area (Å²) in [4.78, 5) is 27.1. The summed E-state index contributed by atoms with van der Waals surface area (Å²) in [6.07, 6.45) is 43.8. The van der Waals surface area contributed by atoms with Crippen LogP contribution < -0.4 is 0 Å². The van der Waals surface area contributed by atoms with Crippen molar-refractivity contribution in [3.05, 3.63) is 24.3 Å². The first-order chi connectivity index (χ1) is 24.0. The molecule has 4 nitrogen and oxygen atoms in total. The van der Waals surface area contributed by atoms with Crippen LogP contribution >= 0.6 is 25.3 Å². The van der Waals surface area contributed by atoms with E-state index in [4.69, 9.17) is 9.47 Å². The summed E-state index contributed by atoms with van der Waals surface area (Å²) >= 11 is 8.26. The molecule has 0 bridgehead atoms. The molecule has 2 radical (unpaired) electrons. The van der Waals surface area contributed by atoms with Gasteiger partial charge in [0.15, 0.2) is 0 Å². The van der Waals surface area contributed by atoms with Crippen molar-refractivity contribution in [2.45, 2.75) is 204 Å². The second-order valence-electron chi connectivity index (χ2n) is 13.1. The average molecular weight is 834 g/mol. The monoisotopic (exact) mass is 834 g/mol. The third-order valence-corrected chi connectivity index (χ3v) is 8.36. The standard InChI is InChI=1S/2C20H38O2S.2CH3.Sn/c2*1-2-3-4-5-6-7-8-9-10-11-12-13-14-15-16-17-20(21)22-18-19-23;;;/h2*9-10,23H,2-8,11-19H2,1H3;2*1H3;/b2*10-9-;;;. The van der Waals surface area contributed by atoms with Crippen molar-refractivity contribution in [2.75, 3.05) is 24.7 Å². The van der Waals surface area contributed by atoms with E-state index in [2.05, 4.69) is 73.3 Å². The molecule has 0 heterocycles. The van der Waals surface area contributed by atoms with Gasteiger partial charge in [-0.2, -0.15) is 25.3 Å². The van der Waals surface area contributed by atoms with E-state index in [1.54, 1.807) is 0 Å². The molecule has 0 aromatic rings. The number of esters is 2. The number of carbonyl (C=O) groups excluding carboxylic acids is 2. The summed E-state index contributed by atoms with van der Waals surface area (Å²) in [5, 5.41) is 0. The zero-order valence-electron chi connectivity index (χ0n) is 33.0. The zero-order valence-corrected chi connectivity index (χ0v) is 37.6. The Hall–Kier alpha value is -0.0813. The van der Waals surface area contributed by atoms with Gasteiger partial charge in [-0.15, -0.1) is 0 Å². The van der Waals surface area contributed by atoms with Crippen LogP contribution in [-0.4, -0.2) is 57.8 Å². The van der Waals surface area contributed by atoms with E-state index in [9.17, 15) is 9.59 Å². The quantitative estimate of drug-likeness (QED) is 0.0223. The van der Waals surface area contributed by atoms with E-state index in [-0.39, 0.29) is 33.1 Å². The number of thiol groups is 2. The van der Waals surface area contributed by atoms with Gasteiger partial charge in [0, 0.05) is 24.3 Å². The average Bonchev–Trinajstić information content (AvgIpc) is 3.10. The second-order valence-corrected chi connectivity index (χ2v) is 16.8. The van der Waals surface area contributed by atoms with Crippen LogP contribution in [0.15, 0.2) is 24.3 Å². The van der Waals surface area contributed by atoms with Crippen molar-refractivity contribution in [3.8, 4) is 0 Å². The molecule has 0 saturated heterocycles. The molecular formula is C42H82O4S2Sn. The summed E-state index contributed by atoms with van der Waals surface area (Å²) in [6.45, 7) is 5.41. The molecule has 0 aromatic carbocycles. The molecule has 0 amide bonds. The van der Waals surface area contributed by atoms with E-state index < -0.39 is 0 Å².